The molecule has 1 heterocycles. The van der Waals surface area contributed by atoms with Crippen molar-refractivity contribution in [1.82, 2.24) is 5.32 Å². The molecule has 1 aliphatic rings. The molecule has 2 rings (SSSR count). The summed E-state index contributed by atoms with van der Waals surface area (Å²) >= 11 is 3.35. The minimum atomic E-state index is 0. The lowest BCUT2D eigenvalue weighted by Crippen LogP contribution is -2.31. The molecule has 3 nitrogen and oxygen atoms in total. The van der Waals surface area contributed by atoms with Crippen LogP contribution in [0, 0.1) is 0 Å². The van der Waals surface area contributed by atoms with Gasteiger partial charge in [-0.15, -0.1) is 12.4 Å². The van der Waals surface area contributed by atoms with Crippen LogP contribution < -0.4 is 5.32 Å². The minimum absolute atomic E-state index is 0. The molecule has 0 aromatic heterocycles. The molecule has 0 fully saturated rings. The highest BCUT2D eigenvalue weighted by molar-refractivity contribution is 9.10. The Hall–Kier alpha value is -0.870. The molecule has 0 unspecified atom stereocenters. The van der Waals surface area contributed by atoms with Crippen molar-refractivity contribution in [1.29, 1.82) is 0 Å². The van der Waals surface area contributed by atoms with Crippen molar-refractivity contribution in [2.24, 2.45) is 4.99 Å². The van der Waals surface area contributed by atoms with Crippen molar-refractivity contribution < 1.29 is 4.79 Å². The molecule has 0 saturated carbocycles. The van der Waals surface area contributed by atoms with E-state index in [2.05, 4.69) is 26.2 Å². The summed E-state index contributed by atoms with van der Waals surface area (Å²) in [6, 6.07) is 7.41. The van der Waals surface area contributed by atoms with Crippen LogP contribution in [0.2, 0.25) is 0 Å². The van der Waals surface area contributed by atoms with E-state index in [1.807, 2.05) is 24.3 Å². The Kier molecular flexibility index (Phi) is 5.65. The third-order valence-electron chi connectivity index (χ3n) is 2.46. The van der Waals surface area contributed by atoms with Crippen molar-refractivity contribution in [3.63, 3.8) is 0 Å². The van der Waals surface area contributed by atoms with Crippen LogP contribution in [0.3, 0.4) is 0 Å². The fourth-order valence-electron chi connectivity index (χ4n) is 1.59. The summed E-state index contributed by atoms with van der Waals surface area (Å²) in [4.78, 5) is 16.2. The molecule has 0 bridgehead atoms. The Balaban J connectivity index is 0.00000144. The van der Waals surface area contributed by atoms with Crippen molar-refractivity contribution in [2.75, 3.05) is 13.1 Å². The van der Waals surface area contributed by atoms with E-state index in [1.165, 1.54) is 0 Å². The maximum atomic E-state index is 11.9. The van der Waals surface area contributed by atoms with E-state index >= 15 is 0 Å². The molecular formula is C12H14BrClN2O. The van der Waals surface area contributed by atoms with Crippen molar-refractivity contribution >= 4 is 40.0 Å². The quantitative estimate of drug-likeness (QED) is 0.871. The second-order valence-electron chi connectivity index (χ2n) is 3.72. The Morgan fingerprint density at radius 1 is 1.35 bits per heavy atom. The topological polar surface area (TPSA) is 41.5 Å². The number of aliphatic imine (C=N–C) groups is 1. The summed E-state index contributed by atoms with van der Waals surface area (Å²) < 4.78 is 0.984. The van der Waals surface area contributed by atoms with E-state index in [9.17, 15) is 4.79 Å². The van der Waals surface area contributed by atoms with Gasteiger partial charge in [0, 0.05) is 23.1 Å². The number of carbonyl (C=O) groups is 1. The van der Waals surface area contributed by atoms with Gasteiger partial charge >= 0.3 is 0 Å². The number of hydrogen-bond donors (Lipinski definition) is 1. The second-order valence-corrected chi connectivity index (χ2v) is 4.63. The lowest BCUT2D eigenvalue weighted by atomic mass is 10.1. The first-order valence-electron chi connectivity index (χ1n) is 5.31. The van der Waals surface area contributed by atoms with Gasteiger partial charge in [-0.3, -0.25) is 9.79 Å². The second kappa shape index (κ2) is 6.77. The summed E-state index contributed by atoms with van der Waals surface area (Å²) in [5.74, 6) is 0.930. The zero-order valence-electron chi connectivity index (χ0n) is 9.28. The molecule has 0 atom stereocenters. The van der Waals surface area contributed by atoms with Crippen LogP contribution in [-0.2, 0) is 0 Å². The van der Waals surface area contributed by atoms with Gasteiger partial charge in [0.15, 0.2) is 5.78 Å². The largest absolute Gasteiger partial charge is 0.373 e. The number of nitrogens with one attached hydrogen (secondary N) is 1. The highest BCUT2D eigenvalue weighted by atomic mass is 79.9. The number of nitrogens with zero attached hydrogens (tertiary/aromatic N) is 1. The van der Waals surface area contributed by atoms with Gasteiger partial charge in [-0.1, -0.05) is 28.1 Å². The van der Waals surface area contributed by atoms with Crippen LogP contribution in [-0.4, -0.2) is 24.7 Å². The van der Waals surface area contributed by atoms with E-state index in [4.69, 9.17) is 0 Å². The lowest BCUT2D eigenvalue weighted by Gasteiger charge is -2.13. The SMILES string of the molecule is Cl.O=C(CC1=NCCCN1)c1ccc(Br)cc1. The number of ketones is 1. The molecule has 0 amide bonds. The van der Waals surface area contributed by atoms with Crippen LogP contribution in [0.5, 0.6) is 0 Å². The fourth-order valence-corrected chi connectivity index (χ4v) is 1.85. The van der Waals surface area contributed by atoms with Gasteiger partial charge in [0.2, 0.25) is 0 Å². The van der Waals surface area contributed by atoms with Crippen LogP contribution in [0.4, 0.5) is 0 Å². The molecule has 1 aromatic rings. The zero-order chi connectivity index (χ0) is 11.4. The molecule has 0 radical (unpaired) electrons. The van der Waals surface area contributed by atoms with Gasteiger partial charge in [-0.2, -0.15) is 0 Å². The third kappa shape index (κ3) is 4.13. The Labute approximate surface area is 115 Å². The van der Waals surface area contributed by atoms with Gasteiger partial charge < -0.3 is 5.32 Å². The standard InChI is InChI=1S/C12H13BrN2O.ClH/c13-10-4-2-9(3-5-10)11(16)8-12-14-6-1-7-15-12;/h2-5H,1,6-8H2,(H,14,15);1H. The number of halogens is 2. The molecular weight excluding hydrogens is 304 g/mol. The average molecular weight is 318 g/mol. The first kappa shape index (κ1) is 14.2. The van der Waals surface area contributed by atoms with E-state index in [1.54, 1.807) is 0 Å². The number of benzene rings is 1. The monoisotopic (exact) mass is 316 g/mol. The number of hydrogen-bond acceptors (Lipinski definition) is 3. The summed E-state index contributed by atoms with van der Waals surface area (Å²) in [5, 5.41) is 3.15. The van der Waals surface area contributed by atoms with Gasteiger partial charge in [0.1, 0.15) is 5.84 Å². The molecule has 17 heavy (non-hydrogen) atoms. The zero-order valence-corrected chi connectivity index (χ0v) is 11.7. The molecule has 0 aliphatic carbocycles. The molecule has 0 saturated heterocycles. The normalized spacial score (nSPS) is 14.3. The number of rotatable bonds is 3. The minimum Gasteiger partial charge on any atom is -0.373 e. The summed E-state index contributed by atoms with van der Waals surface area (Å²) in [5.41, 5.74) is 0.735. The van der Waals surface area contributed by atoms with Crippen LogP contribution in [0.1, 0.15) is 23.2 Å². The smallest absolute Gasteiger partial charge is 0.170 e. The van der Waals surface area contributed by atoms with E-state index in [0.29, 0.717) is 6.42 Å². The van der Waals surface area contributed by atoms with Crippen LogP contribution in [0.15, 0.2) is 33.7 Å². The third-order valence-corrected chi connectivity index (χ3v) is 2.99. The summed E-state index contributed by atoms with van der Waals surface area (Å²) in [7, 11) is 0. The van der Waals surface area contributed by atoms with E-state index < -0.39 is 0 Å². The fraction of sp³-hybridized carbons (Fsp3) is 0.333. The number of Topliss-reactive ketones (excluding diaryl/α,β-unsaturated/α-hetero) is 1. The van der Waals surface area contributed by atoms with Crippen molar-refractivity contribution in [3.05, 3.63) is 34.3 Å². The Morgan fingerprint density at radius 3 is 2.65 bits per heavy atom. The first-order valence-corrected chi connectivity index (χ1v) is 6.11. The van der Waals surface area contributed by atoms with E-state index in [0.717, 1.165) is 35.4 Å². The molecule has 5 heteroatoms. The Bertz CT molecular complexity index is 417. The van der Waals surface area contributed by atoms with Crippen molar-refractivity contribution in [2.45, 2.75) is 12.8 Å². The molecule has 1 N–H and O–H groups in total. The molecule has 0 spiro atoms. The molecule has 1 aromatic carbocycles. The molecule has 92 valence electrons. The number of amidine groups is 1. The maximum Gasteiger partial charge on any atom is 0.170 e. The van der Waals surface area contributed by atoms with Gasteiger partial charge in [-0.25, -0.2) is 0 Å². The van der Waals surface area contributed by atoms with Crippen molar-refractivity contribution in [3.8, 4) is 0 Å². The number of carbonyl (C=O) groups excluding carboxylic acids is 1. The highest BCUT2D eigenvalue weighted by Crippen LogP contribution is 2.12. The van der Waals surface area contributed by atoms with Gasteiger partial charge in [0.25, 0.3) is 0 Å². The van der Waals surface area contributed by atoms with Crippen LogP contribution >= 0.6 is 28.3 Å². The lowest BCUT2D eigenvalue weighted by molar-refractivity contribution is 0.0999. The predicted octanol–water partition coefficient (Wildman–Crippen LogP) is 2.84. The van der Waals surface area contributed by atoms with Gasteiger partial charge in [0.05, 0.1) is 6.42 Å². The predicted molar refractivity (Wildman–Crippen MR) is 75.3 cm³/mol. The van der Waals surface area contributed by atoms with Crippen LogP contribution in [0.25, 0.3) is 0 Å². The van der Waals surface area contributed by atoms with E-state index in [-0.39, 0.29) is 18.2 Å². The maximum absolute atomic E-state index is 11.9. The Morgan fingerprint density at radius 2 is 2.06 bits per heavy atom. The summed E-state index contributed by atoms with van der Waals surface area (Å²) in [6.07, 6.45) is 1.43. The average Bonchev–Trinajstić information content (AvgIpc) is 2.31. The summed E-state index contributed by atoms with van der Waals surface area (Å²) in [6.45, 7) is 1.75. The first-order chi connectivity index (χ1) is 7.75. The highest BCUT2D eigenvalue weighted by Gasteiger charge is 2.11. The molecule has 1 aliphatic heterocycles. The van der Waals surface area contributed by atoms with Gasteiger partial charge in [-0.05, 0) is 18.6 Å².